The highest BCUT2D eigenvalue weighted by atomic mass is 15.3. The highest BCUT2D eigenvalue weighted by molar-refractivity contribution is 4.90. The van der Waals surface area contributed by atoms with Crippen LogP contribution < -0.4 is 5.32 Å². The van der Waals surface area contributed by atoms with Crippen LogP contribution in [0.25, 0.3) is 0 Å². The van der Waals surface area contributed by atoms with E-state index >= 15 is 0 Å². The van der Waals surface area contributed by atoms with Crippen molar-refractivity contribution in [2.75, 3.05) is 19.6 Å². The lowest BCUT2D eigenvalue weighted by Crippen LogP contribution is -2.38. The quantitative estimate of drug-likeness (QED) is 0.859. The van der Waals surface area contributed by atoms with E-state index in [9.17, 15) is 0 Å². The Morgan fingerprint density at radius 3 is 3.20 bits per heavy atom. The molecule has 1 N–H and O–H groups in total. The van der Waals surface area contributed by atoms with Crippen LogP contribution in [0, 0.1) is 5.92 Å². The van der Waals surface area contributed by atoms with Crippen LogP contribution in [0.3, 0.4) is 0 Å². The molecule has 0 saturated heterocycles. The zero-order chi connectivity index (χ0) is 13.8. The van der Waals surface area contributed by atoms with Crippen molar-refractivity contribution in [3.05, 3.63) is 12.2 Å². The molecule has 112 valence electrons. The zero-order valence-corrected chi connectivity index (χ0v) is 12.6. The van der Waals surface area contributed by atoms with Crippen molar-refractivity contribution in [3.63, 3.8) is 0 Å². The second-order valence-electron chi connectivity index (χ2n) is 6.26. The molecule has 0 radical (unpaired) electrons. The van der Waals surface area contributed by atoms with Crippen LogP contribution in [-0.2, 0) is 13.1 Å². The molecule has 3 rings (SSSR count). The van der Waals surface area contributed by atoms with E-state index in [-0.39, 0.29) is 0 Å². The van der Waals surface area contributed by atoms with Gasteiger partial charge in [-0.05, 0) is 44.7 Å². The molecule has 2 aliphatic rings. The molecule has 2 atom stereocenters. The minimum Gasteiger partial charge on any atom is -0.315 e. The van der Waals surface area contributed by atoms with E-state index in [2.05, 4.69) is 31.9 Å². The van der Waals surface area contributed by atoms with Crippen LogP contribution in [0.1, 0.15) is 44.9 Å². The lowest BCUT2D eigenvalue weighted by atomic mass is 9.99. The SMILES string of the molecule is CCCNC1CCCC1CCN1CCn2cnnc2C1. The van der Waals surface area contributed by atoms with Crippen molar-refractivity contribution in [1.29, 1.82) is 0 Å². The van der Waals surface area contributed by atoms with Crippen molar-refractivity contribution >= 4 is 0 Å². The van der Waals surface area contributed by atoms with Gasteiger partial charge in [0.25, 0.3) is 0 Å². The third kappa shape index (κ3) is 3.20. The Morgan fingerprint density at radius 2 is 2.30 bits per heavy atom. The van der Waals surface area contributed by atoms with Crippen molar-refractivity contribution in [1.82, 2.24) is 25.0 Å². The Bertz CT molecular complexity index is 416. The van der Waals surface area contributed by atoms with Gasteiger partial charge >= 0.3 is 0 Å². The molecule has 0 aromatic carbocycles. The van der Waals surface area contributed by atoms with E-state index in [4.69, 9.17) is 0 Å². The van der Waals surface area contributed by atoms with Crippen molar-refractivity contribution < 1.29 is 0 Å². The van der Waals surface area contributed by atoms with E-state index in [1.807, 2.05) is 6.33 Å². The normalized spacial score (nSPS) is 26.9. The van der Waals surface area contributed by atoms with E-state index in [1.165, 1.54) is 45.2 Å². The summed E-state index contributed by atoms with van der Waals surface area (Å²) in [5, 5.41) is 11.9. The number of fused-ring (bicyclic) bond motifs is 1. The lowest BCUT2D eigenvalue weighted by Gasteiger charge is -2.29. The van der Waals surface area contributed by atoms with Gasteiger partial charge in [0, 0.05) is 19.1 Å². The van der Waals surface area contributed by atoms with Gasteiger partial charge < -0.3 is 9.88 Å². The van der Waals surface area contributed by atoms with Crippen LogP contribution in [0.2, 0.25) is 0 Å². The largest absolute Gasteiger partial charge is 0.315 e. The number of aromatic nitrogens is 3. The second-order valence-corrected chi connectivity index (χ2v) is 6.26. The van der Waals surface area contributed by atoms with Crippen LogP contribution in [-0.4, -0.2) is 45.3 Å². The second kappa shape index (κ2) is 6.68. The van der Waals surface area contributed by atoms with Crippen LogP contribution in [0.4, 0.5) is 0 Å². The Hall–Kier alpha value is -0.940. The fourth-order valence-electron chi connectivity index (χ4n) is 3.64. The minimum atomic E-state index is 0.767. The fraction of sp³-hybridized carbons (Fsp3) is 0.867. The molecule has 0 bridgehead atoms. The number of hydrogen-bond acceptors (Lipinski definition) is 4. The first-order valence-electron chi connectivity index (χ1n) is 8.19. The van der Waals surface area contributed by atoms with E-state index in [0.29, 0.717) is 0 Å². The summed E-state index contributed by atoms with van der Waals surface area (Å²) in [6.07, 6.45) is 8.61. The number of nitrogens with one attached hydrogen (secondary N) is 1. The Balaban J connectivity index is 1.45. The minimum absolute atomic E-state index is 0.767. The molecule has 0 spiro atoms. The first-order valence-corrected chi connectivity index (χ1v) is 8.19. The highest BCUT2D eigenvalue weighted by Crippen LogP contribution is 2.29. The molecule has 5 heteroatoms. The molecule has 20 heavy (non-hydrogen) atoms. The summed E-state index contributed by atoms with van der Waals surface area (Å²) in [5.74, 6) is 2.00. The van der Waals surface area contributed by atoms with Crippen molar-refractivity contribution in [2.45, 2.75) is 58.2 Å². The molecule has 0 amide bonds. The molecule has 2 unspecified atom stereocenters. The first-order chi connectivity index (χ1) is 9.86. The highest BCUT2D eigenvalue weighted by Gasteiger charge is 2.27. The molecule has 1 aromatic rings. The van der Waals surface area contributed by atoms with Gasteiger partial charge in [-0.15, -0.1) is 10.2 Å². The molecular weight excluding hydrogens is 250 g/mol. The van der Waals surface area contributed by atoms with Gasteiger partial charge in [-0.1, -0.05) is 13.3 Å². The Kier molecular flexibility index (Phi) is 4.68. The zero-order valence-electron chi connectivity index (χ0n) is 12.6. The van der Waals surface area contributed by atoms with Crippen LogP contribution >= 0.6 is 0 Å². The van der Waals surface area contributed by atoms with E-state index in [1.54, 1.807) is 0 Å². The molecule has 1 aliphatic carbocycles. The first kappa shape index (κ1) is 14.0. The Morgan fingerprint density at radius 1 is 1.35 bits per heavy atom. The van der Waals surface area contributed by atoms with Crippen molar-refractivity contribution in [3.8, 4) is 0 Å². The predicted octanol–water partition coefficient (Wildman–Crippen LogP) is 1.65. The van der Waals surface area contributed by atoms with Crippen LogP contribution in [0.5, 0.6) is 0 Å². The lowest BCUT2D eigenvalue weighted by molar-refractivity contribution is 0.196. The number of hydrogen-bond donors (Lipinski definition) is 1. The molecule has 1 aliphatic heterocycles. The number of nitrogens with zero attached hydrogens (tertiary/aromatic N) is 4. The van der Waals surface area contributed by atoms with E-state index < -0.39 is 0 Å². The van der Waals surface area contributed by atoms with Crippen LogP contribution in [0.15, 0.2) is 6.33 Å². The maximum atomic E-state index is 4.20. The summed E-state index contributed by atoms with van der Waals surface area (Å²) >= 11 is 0. The summed E-state index contributed by atoms with van der Waals surface area (Å²) in [6.45, 7) is 7.80. The van der Waals surface area contributed by atoms with Gasteiger partial charge in [0.15, 0.2) is 0 Å². The third-order valence-corrected chi connectivity index (χ3v) is 4.85. The van der Waals surface area contributed by atoms with Gasteiger partial charge in [0.1, 0.15) is 12.2 Å². The average Bonchev–Trinajstić information content (AvgIpc) is 3.11. The monoisotopic (exact) mass is 277 g/mol. The molecular formula is C15H27N5. The van der Waals surface area contributed by atoms with Gasteiger partial charge in [0.2, 0.25) is 0 Å². The predicted molar refractivity (Wildman–Crippen MR) is 79.3 cm³/mol. The standard InChI is InChI=1S/C15H27N5/c1-2-7-16-14-5-3-4-13(14)6-8-19-9-10-20-12-17-18-15(20)11-19/h12-14,16H,2-11H2,1H3. The van der Waals surface area contributed by atoms with Gasteiger partial charge in [-0.25, -0.2) is 0 Å². The summed E-state index contributed by atoms with van der Waals surface area (Å²) in [4.78, 5) is 2.54. The smallest absolute Gasteiger partial charge is 0.147 e. The maximum Gasteiger partial charge on any atom is 0.147 e. The maximum absolute atomic E-state index is 4.20. The summed E-state index contributed by atoms with van der Waals surface area (Å²) in [5.41, 5.74) is 0. The molecule has 5 nitrogen and oxygen atoms in total. The average molecular weight is 277 g/mol. The molecule has 1 fully saturated rings. The molecule has 2 heterocycles. The molecule has 1 aromatic heterocycles. The Labute approximate surface area is 121 Å². The molecule has 1 saturated carbocycles. The third-order valence-electron chi connectivity index (χ3n) is 4.85. The summed E-state index contributed by atoms with van der Waals surface area (Å²) in [6, 6.07) is 0.767. The van der Waals surface area contributed by atoms with Gasteiger partial charge in [0.05, 0.1) is 6.54 Å². The fourth-order valence-corrected chi connectivity index (χ4v) is 3.64. The van der Waals surface area contributed by atoms with Gasteiger partial charge in [-0.3, -0.25) is 4.90 Å². The van der Waals surface area contributed by atoms with E-state index in [0.717, 1.165) is 37.4 Å². The number of rotatable bonds is 6. The summed E-state index contributed by atoms with van der Waals surface area (Å²) in [7, 11) is 0. The van der Waals surface area contributed by atoms with Gasteiger partial charge in [-0.2, -0.15) is 0 Å². The topological polar surface area (TPSA) is 46.0 Å². The summed E-state index contributed by atoms with van der Waals surface area (Å²) < 4.78 is 2.18. The van der Waals surface area contributed by atoms with Crippen molar-refractivity contribution in [2.24, 2.45) is 5.92 Å².